The number of carbonyl (C=O) groups is 1. The zero-order valence-corrected chi connectivity index (χ0v) is 21.8. The molecule has 3 heteroatoms. The summed E-state index contributed by atoms with van der Waals surface area (Å²) in [7, 11) is 0. The van der Waals surface area contributed by atoms with Crippen molar-refractivity contribution in [2.24, 2.45) is 35.0 Å². The van der Waals surface area contributed by atoms with Crippen molar-refractivity contribution in [3.05, 3.63) is 47.6 Å². The quantitative estimate of drug-likeness (QED) is 0.341. The second-order valence-electron chi connectivity index (χ2n) is 11.6. The number of hydrogen-bond acceptors (Lipinski definition) is 3. The van der Waals surface area contributed by atoms with E-state index in [0.29, 0.717) is 41.9 Å². The highest BCUT2D eigenvalue weighted by Crippen LogP contribution is 2.59. The summed E-state index contributed by atoms with van der Waals surface area (Å²) in [5, 5.41) is 10.4. The molecule has 3 fully saturated rings. The Labute approximate surface area is 202 Å². The molecule has 1 N–H and O–H groups in total. The smallest absolute Gasteiger partial charge is 0.302 e. The largest absolute Gasteiger partial charge is 0.462 e. The molecule has 3 saturated carbocycles. The SMILES string of the molecule is C=C1/C(=C\C=C2/CCC[C@]3(C)[C@@H]([C@H](C)/C=C/[C@H](C)C(C)C)CC[C@@H]23)C[C@@H](OC(C)=O)C[C@@H]1O. The molecule has 7 atom stereocenters. The molecule has 184 valence electrons. The van der Waals surface area contributed by atoms with E-state index in [1.807, 2.05) is 0 Å². The van der Waals surface area contributed by atoms with Gasteiger partial charge in [0.15, 0.2) is 0 Å². The molecule has 0 radical (unpaired) electrons. The van der Waals surface area contributed by atoms with Crippen LogP contribution < -0.4 is 0 Å². The maximum atomic E-state index is 11.4. The Kier molecular flexibility index (Phi) is 8.48. The van der Waals surface area contributed by atoms with Crippen LogP contribution in [0.1, 0.15) is 86.5 Å². The summed E-state index contributed by atoms with van der Waals surface area (Å²) in [6, 6.07) is 0. The molecule has 3 aliphatic rings. The number of allylic oxidation sites excluding steroid dienone is 5. The molecular weight excluding hydrogens is 408 g/mol. The molecule has 3 nitrogen and oxygen atoms in total. The Hall–Kier alpha value is -1.61. The Balaban J connectivity index is 1.76. The van der Waals surface area contributed by atoms with Crippen molar-refractivity contribution in [3.8, 4) is 0 Å². The van der Waals surface area contributed by atoms with E-state index < -0.39 is 6.10 Å². The highest BCUT2D eigenvalue weighted by atomic mass is 16.5. The fourth-order valence-corrected chi connectivity index (χ4v) is 6.62. The van der Waals surface area contributed by atoms with Gasteiger partial charge in [0.1, 0.15) is 6.10 Å². The van der Waals surface area contributed by atoms with E-state index in [0.717, 1.165) is 23.5 Å². The summed E-state index contributed by atoms with van der Waals surface area (Å²) in [6.45, 7) is 17.4. The maximum Gasteiger partial charge on any atom is 0.302 e. The number of carbonyl (C=O) groups excluding carboxylic acids is 1. The number of aliphatic hydroxyl groups excluding tert-OH is 1. The third-order valence-corrected chi connectivity index (χ3v) is 9.02. The minimum atomic E-state index is -0.638. The standard InChI is InChI=1S/C30H46O3/c1-19(2)20(3)10-11-21(4)27-14-15-28-24(9-8-16-30(27,28)7)12-13-25-17-26(33-23(6)31)18-29(32)22(25)5/h10-13,19-21,26-29,32H,5,8-9,14-18H2,1-4,6-7H3/b11-10+,24-12+,25-13-/t20-,21+,26+,27+,28-,29-,30+/m0/s1. The molecule has 0 aliphatic heterocycles. The average Bonchev–Trinajstić information content (AvgIpc) is 3.10. The summed E-state index contributed by atoms with van der Waals surface area (Å²) in [6.07, 6.45) is 15.9. The first kappa shape index (κ1) is 26.0. The van der Waals surface area contributed by atoms with Gasteiger partial charge in [-0.05, 0) is 78.3 Å². The van der Waals surface area contributed by atoms with Crippen LogP contribution in [0.5, 0.6) is 0 Å². The monoisotopic (exact) mass is 454 g/mol. The van der Waals surface area contributed by atoms with Gasteiger partial charge >= 0.3 is 5.97 Å². The summed E-state index contributed by atoms with van der Waals surface area (Å²) in [5.41, 5.74) is 3.71. The van der Waals surface area contributed by atoms with Gasteiger partial charge in [0.25, 0.3) is 0 Å². The predicted octanol–water partition coefficient (Wildman–Crippen LogP) is 7.18. The minimum absolute atomic E-state index is 0.263. The molecule has 33 heavy (non-hydrogen) atoms. The van der Waals surface area contributed by atoms with Crippen LogP contribution in [-0.4, -0.2) is 23.3 Å². The van der Waals surface area contributed by atoms with Gasteiger partial charge in [0, 0.05) is 19.8 Å². The molecular formula is C30H46O3. The first-order chi connectivity index (χ1) is 15.5. The van der Waals surface area contributed by atoms with Crippen LogP contribution in [0.2, 0.25) is 0 Å². The van der Waals surface area contributed by atoms with Crippen LogP contribution in [0.3, 0.4) is 0 Å². The van der Waals surface area contributed by atoms with Crippen molar-refractivity contribution in [1.29, 1.82) is 0 Å². The van der Waals surface area contributed by atoms with Crippen LogP contribution in [0.25, 0.3) is 0 Å². The van der Waals surface area contributed by atoms with Crippen LogP contribution in [-0.2, 0) is 9.53 Å². The summed E-state index contributed by atoms with van der Waals surface area (Å²) in [4.78, 5) is 11.4. The van der Waals surface area contributed by atoms with Crippen LogP contribution >= 0.6 is 0 Å². The number of rotatable bonds is 6. The summed E-state index contributed by atoms with van der Waals surface area (Å²) >= 11 is 0. The van der Waals surface area contributed by atoms with Crippen molar-refractivity contribution < 1.29 is 14.6 Å². The van der Waals surface area contributed by atoms with Gasteiger partial charge in [-0.1, -0.05) is 71.1 Å². The molecule has 0 amide bonds. The van der Waals surface area contributed by atoms with E-state index in [1.54, 1.807) is 5.57 Å². The minimum Gasteiger partial charge on any atom is -0.462 e. The van der Waals surface area contributed by atoms with Crippen molar-refractivity contribution in [3.63, 3.8) is 0 Å². The molecule has 0 saturated heterocycles. The second-order valence-corrected chi connectivity index (χ2v) is 11.6. The van der Waals surface area contributed by atoms with Gasteiger partial charge in [-0.25, -0.2) is 0 Å². The average molecular weight is 455 g/mol. The number of hydrogen-bond donors (Lipinski definition) is 1. The Morgan fingerprint density at radius 2 is 1.91 bits per heavy atom. The van der Waals surface area contributed by atoms with Gasteiger partial charge in [0.05, 0.1) is 6.10 Å². The molecule has 3 rings (SSSR count). The maximum absolute atomic E-state index is 11.4. The van der Waals surface area contributed by atoms with Crippen molar-refractivity contribution in [2.45, 2.75) is 98.7 Å². The normalized spacial score (nSPS) is 37.0. The molecule has 0 bridgehead atoms. The Morgan fingerprint density at radius 3 is 2.58 bits per heavy atom. The Morgan fingerprint density at radius 1 is 1.18 bits per heavy atom. The first-order valence-electron chi connectivity index (χ1n) is 13.1. The fraction of sp³-hybridized carbons (Fsp3) is 0.700. The summed E-state index contributed by atoms with van der Waals surface area (Å²) < 4.78 is 5.40. The van der Waals surface area contributed by atoms with E-state index in [9.17, 15) is 9.90 Å². The third kappa shape index (κ3) is 5.91. The lowest BCUT2D eigenvalue weighted by molar-refractivity contribution is -0.147. The van der Waals surface area contributed by atoms with Gasteiger partial charge < -0.3 is 9.84 Å². The molecule has 0 spiro atoms. The lowest BCUT2D eigenvalue weighted by Gasteiger charge is -2.44. The number of esters is 1. The van der Waals surface area contributed by atoms with Crippen LogP contribution in [0.15, 0.2) is 47.6 Å². The van der Waals surface area contributed by atoms with Gasteiger partial charge in [0.2, 0.25) is 0 Å². The first-order valence-corrected chi connectivity index (χ1v) is 13.1. The molecule has 0 heterocycles. The highest BCUT2D eigenvalue weighted by molar-refractivity contribution is 5.66. The molecule has 0 aromatic heterocycles. The summed E-state index contributed by atoms with van der Waals surface area (Å²) in [5.74, 6) is 3.00. The van der Waals surface area contributed by atoms with Gasteiger partial charge in [-0.2, -0.15) is 0 Å². The topological polar surface area (TPSA) is 46.5 Å². The van der Waals surface area contributed by atoms with E-state index in [-0.39, 0.29) is 12.1 Å². The second kappa shape index (κ2) is 10.8. The molecule has 0 aromatic carbocycles. The Bertz CT molecular complexity index is 816. The third-order valence-electron chi connectivity index (χ3n) is 9.02. The molecule has 0 aromatic rings. The number of aliphatic hydroxyl groups is 1. The van der Waals surface area contributed by atoms with E-state index in [2.05, 4.69) is 65.5 Å². The van der Waals surface area contributed by atoms with Crippen molar-refractivity contribution in [2.75, 3.05) is 0 Å². The van der Waals surface area contributed by atoms with Gasteiger partial charge in [-0.3, -0.25) is 4.79 Å². The van der Waals surface area contributed by atoms with Crippen molar-refractivity contribution >= 4 is 5.97 Å². The highest BCUT2D eigenvalue weighted by Gasteiger charge is 2.50. The van der Waals surface area contributed by atoms with E-state index in [1.165, 1.54) is 32.6 Å². The lowest BCUT2D eigenvalue weighted by atomic mass is 9.61. The van der Waals surface area contributed by atoms with E-state index >= 15 is 0 Å². The zero-order chi connectivity index (χ0) is 24.3. The molecule has 3 aliphatic carbocycles. The van der Waals surface area contributed by atoms with Crippen LogP contribution in [0.4, 0.5) is 0 Å². The fourth-order valence-electron chi connectivity index (χ4n) is 6.62. The van der Waals surface area contributed by atoms with E-state index in [4.69, 9.17) is 4.74 Å². The van der Waals surface area contributed by atoms with Crippen molar-refractivity contribution in [1.82, 2.24) is 0 Å². The zero-order valence-electron chi connectivity index (χ0n) is 21.8. The van der Waals surface area contributed by atoms with Crippen LogP contribution in [0, 0.1) is 35.0 Å². The number of ether oxygens (including phenoxy) is 1. The van der Waals surface area contributed by atoms with Gasteiger partial charge in [-0.15, -0.1) is 0 Å². The lowest BCUT2D eigenvalue weighted by Crippen LogP contribution is -2.35. The molecule has 0 unspecified atom stereocenters. The predicted molar refractivity (Wildman–Crippen MR) is 137 cm³/mol. The number of fused-ring (bicyclic) bond motifs is 1.